The number of nitrogens with zero attached hydrogens (tertiary/aromatic N) is 2. The zero-order valence-electron chi connectivity index (χ0n) is 22.3. The molecule has 3 heterocycles. The number of benzene rings is 2. The van der Waals surface area contributed by atoms with E-state index in [1.165, 1.54) is 45.2 Å². The lowest BCUT2D eigenvalue weighted by Crippen LogP contribution is -2.39. The number of carbonyl (C=O) groups excluding carboxylic acids is 1. The Balaban J connectivity index is 1.40. The van der Waals surface area contributed by atoms with Gasteiger partial charge in [-0.15, -0.1) is 0 Å². The van der Waals surface area contributed by atoms with Crippen LogP contribution in [0, 0.1) is 17.6 Å². The van der Waals surface area contributed by atoms with Crippen molar-refractivity contribution in [3.63, 3.8) is 0 Å². The van der Waals surface area contributed by atoms with Gasteiger partial charge in [-0.25, -0.2) is 8.78 Å². The maximum Gasteiger partial charge on any atom is 0.242 e. The molecule has 6 heteroatoms. The molecule has 1 unspecified atom stereocenters. The number of thioether (sulfide) groups is 1. The minimum absolute atomic E-state index is 0.0777. The highest BCUT2D eigenvalue weighted by Gasteiger charge is 2.28. The predicted octanol–water partition coefficient (Wildman–Crippen LogP) is 8.00. The third kappa shape index (κ3) is 5.65. The molecule has 38 heavy (non-hydrogen) atoms. The Kier molecular flexibility index (Phi) is 7.89. The molecule has 5 rings (SSSR count). The molecule has 0 bridgehead atoms. The van der Waals surface area contributed by atoms with Gasteiger partial charge in [0.15, 0.2) is 0 Å². The molecule has 3 aliphatic rings. The lowest BCUT2D eigenvalue weighted by molar-refractivity contribution is -0.131. The van der Waals surface area contributed by atoms with E-state index in [4.69, 9.17) is 0 Å². The highest BCUT2D eigenvalue weighted by Crippen LogP contribution is 2.42. The van der Waals surface area contributed by atoms with Crippen LogP contribution in [0.5, 0.6) is 0 Å². The van der Waals surface area contributed by atoms with Gasteiger partial charge in [0, 0.05) is 30.9 Å². The van der Waals surface area contributed by atoms with Crippen LogP contribution in [0.4, 0.5) is 8.78 Å². The van der Waals surface area contributed by atoms with Crippen molar-refractivity contribution in [2.45, 2.75) is 46.5 Å². The minimum Gasteiger partial charge on any atom is -0.340 e. The molecule has 3 aliphatic heterocycles. The fourth-order valence-electron chi connectivity index (χ4n) is 5.45. The van der Waals surface area contributed by atoms with Crippen molar-refractivity contribution in [1.29, 1.82) is 0 Å². The normalized spacial score (nSPS) is 20.2. The number of halogens is 2. The van der Waals surface area contributed by atoms with Gasteiger partial charge in [-0.2, -0.15) is 0 Å². The third-order valence-electron chi connectivity index (χ3n) is 7.82. The van der Waals surface area contributed by atoms with Crippen LogP contribution in [0.2, 0.25) is 0 Å². The topological polar surface area (TPSA) is 23.6 Å². The van der Waals surface area contributed by atoms with Crippen molar-refractivity contribution in [2.24, 2.45) is 5.92 Å². The maximum absolute atomic E-state index is 13.7. The van der Waals surface area contributed by atoms with Crippen molar-refractivity contribution in [3.8, 4) is 0 Å². The molecule has 2 aromatic carbocycles. The van der Waals surface area contributed by atoms with Gasteiger partial charge in [0.25, 0.3) is 0 Å². The standard InChI is InChI=1S/C32H34F2N2OS/c1-4-23-18-30(25-7-11-28(34)12-8-25)36(19-29(23)24-5-9-27(33)10-6-24)20-32(37)35-15-13-26-17-21(2)22(3)38-31(26)14-16-35/h5-12,18-19,23H,4,13-17,20H2,1-3H3. The van der Waals surface area contributed by atoms with Crippen molar-refractivity contribution >= 4 is 28.9 Å². The van der Waals surface area contributed by atoms with Gasteiger partial charge in [-0.05, 0) is 102 Å². The molecule has 0 saturated carbocycles. The summed E-state index contributed by atoms with van der Waals surface area (Å²) in [7, 11) is 0. The second-order valence-corrected chi connectivity index (χ2v) is 11.6. The van der Waals surface area contributed by atoms with Crippen LogP contribution in [-0.2, 0) is 4.79 Å². The Morgan fingerprint density at radius 2 is 1.58 bits per heavy atom. The van der Waals surface area contributed by atoms with E-state index >= 15 is 0 Å². The number of amides is 1. The number of hydrogen-bond donors (Lipinski definition) is 0. The summed E-state index contributed by atoms with van der Waals surface area (Å²) in [6.45, 7) is 8.13. The maximum atomic E-state index is 13.7. The summed E-state index contributed by atoms with van der Waals surface area (Å²) in [6, 6.07) is 13.0. The smallest absolute Gasteiger partial charge is 0.242 e. The monoisotopic (exact) mass is 532 g/mol. The third-order valence-corrected chi connectivity index (χ3v) is 9.21. The SMILES string of the molecule is CCC1C=C(c2ccc(F)cc2)N(CC(=O)N2CCC3=C(CC2)SC(C)=C(C)C3)C=C1c1ccc(F)cc1. The number of allylic oxidation sites excluding steroid dienone is 4. The lowest BCUT2D eigenvalue weighted by atomic mass is 9.87. The van der Waals surface area contributed by atoms with E-state index < -0.39 is 0 Å². The Bertz CT molecular complexity index is 1310. The summed E-state index contributed by atoms with van der Waals surface area (Å²) in [4.78, 5) is 20.5. The van der Waals surface area contributed by atoms with Gasteiger partial charge in [0.2, 0.25) is 5.91 Å². The summed E-state index contributed by atoms with van der Waals surface area (Å²) < 4.78 is 27.4. The first kappa shape index (κ1) is 26.5. The average Bonchev–Trinajstić information content (AvgIpc) is 3.12. The Morgan fingerprint density at radius 1 is 0.947 bits per heavy atom. The van der Waals surface area contributed by atoms with Gasteiger partial charge >= 0.3 is 0 Å². The molecule has 0 spiro atoms. The van der Waals surface area contributed by atoms with E-state index in [-0.39, 0.29) is 30.0 Å². The molecule has 3 nitrogen and oxygen atoms in total. The van der Waals surface area contributed by atoms with Crippen LogP contribution < -0.4 is 0 Å². The zero-order chi connectivity index (χ0) is 26.8. The molecule has 0 aliphatic carbocycles. The summed E-state index contributed by atoms with van der Waals surface area (Å²) in [5.41, 5.74) is 6.66. The first-order valence-electron chi connectivity index (χ1n) is 13.4. The summed E-state index contributed by atoms with van der Waals surface area (Å²) in [6.07, 6.45) is 7.87. The lowest BCUT2D eigenvalue weighted by Gasteiger charge is -2.34. The van der Waals surface area contributed by atoms with Gasteiger partial charge in [-0.3, -0.25) is 4.79 Å². The van der Waals surface area contributed by atoms with Crippen molar-refractivity contribution in [2.75, 3.05) is 19.6 Å². The molecule has 0 N–H and O–H groups in total. The first-order valence-corrected chi connectivity index (χ1v) is 14.2. The molecular formula is C32H34F2N2OS. The van der Waals surface area contributed by atoms with E-state index in [9.17, 15) is 13.6 Å². The van der Waals surface area contributed by atoms with Crippen molar-refractivity contribution in [3.05, 3.63) is 105 Å². The average molecular weight is 533 g/mol. The second-order valence-electron chi connectivity index (χ2n) is 10.3. The predicted molar refractivity (Wildman–Crippen MR) is 153 cm³/mol. The Hall–Kier alpha value is -3.12. The zero-order valence-corrected chi connectivity index (χ0v) is 23.1. The number of carbonyl (C=O) groups is 1. The Labute approximate surface area is 228 Å². The largest absolute Gasteiger partial charge is 0.340 e. The van der Waals surface area contributed by atoms with Crippen molar-refractivity contribution < 1.29 is 13.6 Å². The van der Waals surface area contributed by atoms with Gasteiger partial charge in [-0.1, -0.05) is 48.0 Å². The summed E-state index contributed by atoms with van der Waals surface area (Å²) >= 11 is 1.88. The van der Waals surface area contributed by atoms with Crippen LogP contribution >= 0.6 is 11.8 Å². The van der Waals surface area contributed by atoms with E-state index in [0.717, 1.165) is 54.6 Å². The fraction of sp³-hybridized carbons (Fsp3) is 0.344. The molecular weight excluding hydrogens is 498 g/mol. The summed E-state index contributed by atoms with van der Waals surface area (Å²) in [5, 5.41) is 0. The van der Waals surface area contributed by atoms with Crippen LogP contribution in [0.3, 0.4) is 0 Å². The molecule has 1 amide bonds. The van der Waals surface area contributed by atoms with E-state index in [2.05, 4.69) is 26.8 Å². The fourth-order valence-corrected chi connectivity index (χ4v) is 6.58. The number of hydrogen-bond acceptors (Lipinski definition) is 3. The minimum atomic E-state index is -0.291. The molecule has 1 atom stereocenters. The molecule has 0 saturated heterocycles. The van der Waals surface area contributed by atoms with E-state index in [1.54, 1.807) is 24.3 Å². The molecule has 198 valence electrons. The van der Waals surface area contributed by atoms with Crippen LogP contribution in [-0.4, -0.2) is 35.3 Å². The molecule has 0 aromatic heterocycles. The van der Waals surface area contributed by atoms with E-state index in [0.29, 0.717) is 6.54 Å². The summed E-state index contributed by atoms with van der Waals surface area (Å²) in [5.74, 6) is -0.392. The van der Waals surface area contributed by atoms with Gasteiger partial charge < -0.3 is 9.80 Å². The van der Waals surface area contributed by atoms with Crippen LogP contribution in [0.1, 0.15) is 57.6 Å². The van der Waals surface area contributed by atoms with Crippen molar-refractivity contribution in [1.82, 2.24) is 9.80 Å². The highest BCUT2D eigenvalue weighted by molar-refractivity contribution is 8.06. The quantitative estimate of drug-likeness (QED) is 0.390. The second kappa shape index (κ2) is 11.3. The molecule has 0 fully saturated rings. The van der Waals surface area contributed by atoms with Gasteiger partial charge in [0.05, 0.1) is 0 Å². The first-order chi connectivity index (χ1) is 18.3. The Morgan fingerprint density at radius 3 is 2.24 bits per heavy atom. The van der Waals surface area contributed by atoms with Crippen LogP contribution in [0.15, 0.2) is 81.8 Å². The highest BCUT2D eigenvalue weighted by atomic mass is 32.2. The number of rotatable bonds is 5. The molecule has 2 aromatic rings. The molecule has 0 radical (unpaired) electrons. The van der Waals surface area contributed by atoms with Crippen LogP contribution in [0.25, 0.3) is 11.3 Å². The van der Waals surface area contributed by atoms with Gasteiger partial charge in [0.1, 0.15) is 18.2 Å². The van der Waals surface area contributed by atoms with E-state index in [1.807, 2.05) is 27.8 Å².